The van der Waals surface area contributed by atoms with Crippen LogP contribution in [0.2, 0.25) is 0 Å². The predicted molar refractivity (Wildman–Crippen MR) is 79.6 cm³/mol. The monoisotopic (exact) mass is 298 g/mol. The van der Waals surface area contributed by atoms with Crippen LogP contribution >= 0.6 is 0 Å². The van der Waals surface area contributed by atoms with Gasteiger partial charge in [0.1, 0.15) is 11.2 Å². The van der Waals surface area contributed by atoms with Crippen molar-refractivity contribution in [2.75, 3.05) is 6.54 Å². The SMILES string of the molecule is Cc1nc2cc(CCNC(=O)c3ccc(=O)[nH]n3)ccc2o1. The van der Waals surface area contributed by atoms with Gasteiger partial charge in [-0.2, -0.15) is 5.10 Å². The van der Waals surface area contributed by atoms with Crippen molar-refractivity contribution in [1.29, 1.82) is 0 Å². The zero-order valence-electron chi connectivity index (χ0n) is 11.9. The molecule has 0 aliphatic carbocycles. The van der Waals surface area contributed by atoms with Crippen LogP contribution in [0.5, 0.6) is 0 Å². The van der Waals surface area contributed by atoms with E-state index in [2.05, 4.69) is 20.5 Å². The summed E-state index contributed by atoms with van der Waals surface area (Å²) in [5, 5.41) is 8.65. The molecule has 0 saturated heterocycles. The molecule has 2 N–H and O–H groups in total. The predicted octanol–water partition coefficient (Wildman–Crippen LogP) is 1.19. The van der Waals surface area contributed by atoms with Crippen LogP contribution in [0.4, 0.5) is 0 Å². The number of nitrogens with one attached hydrogen (secondary N) is 2. The molecule has 0 atom stereocenters. The summed E-state index contributed by atoms with van der Waals surface area (Å²) in [6, 6.07) is 8.41. The van der Waals surface area contributed by atoms with Gasteiger partial charge in [-0.1, -0.05) is 6.07 Å². The molecule has 2 aromatic heterocycles. The molecule has 3 aromatic rings. The van der Waals surface area contributed by atoms with Crippen LogP contribution in [0.25, 0.3) is 11.1 Å². The minimum atomic E-state index is -0.340. The van der Waals surface area contributed by atoms with Crippen LogP contribution in [-0.4, -0.2) is 27.6 Å². The van der Waals surface area contributed by atoms with Crippen LogP contribution in [0.3, 0.4) is 0 Å². The van der Waals surface area contributed by atoms with Crippen molar-refractivity contribution in [2.24, 2.45) is 0 Å². The quantitative estimate of drug-likeness (QED) is 0.753. The number of oxazole rings is 1. The maximum Gasteiger partial charge on any atom is 0.271 e. The number of benzene rings is 1. The Hall–Kier alpha value is -2.96. The summed E-state index contributed by atoms with van der Waals surface area (Å²) in [5.74, 6) is 0.305. The Balaban J connectivity index is 1.60. The highest BCUT2D eigenvalue weighted by atomic mass is 16.3. The van der Waals surface area contributed by atoms with Crippen LogP contribution < -0.4 is 10.9 Å². The lowest BCUT2D eigenvalue weighted by Gasteiger charge is -2.04. The van der Waals surface area contributed by atoms with Crippen molar-refractivity contribution in [3.05, 3.63) is 57.8 Å². The van der Waals surface area contributed by atoms with E-state index in [1.54, 1.807) is 6.92 Å². The Labute approximate surface area is 125 Å². The summed E-state index contributed by atoms with van der Waals surface area (Å²) in [6.07, 6.45) is 0.664. The summed E-state index contributed by atoms with van der Waals surface area (Å²) in [5.41, 5.74) is 2.46. The fourth-order valence-electron chi connectivity index (χ4n) is 2.13. The molecule has 1 amide bonds. The Kier molecular flexibility index (Phi) is 3.69. The van der Waals surface area contributed by atoms with E-state index in [9.17, 15) is 9.59 Å². The zero-order chi connectivity index (χ0) is 15.5. The highest BCUT2D eigenvalue weighted by molar-refractivity contribution is 5.91. The number of amides is 1. The number of rotatable bonds is 4. The van der Waals surface area contributed by atoms with Gasteiger partial charge in [0.15, 0.2) is 11.5 Å². The van der Waals surface area contributed by atoms with Crippen molar-refractivity contribution in [1.82, 2.24) is 20.5 Å². The average Bonchev–Trinajstić information content (AvgIpc) is 2.87. The fourth-order valence-corrected chi connectivity index (χ4v) is 2.13. The third-order valence-electron chi connectivity index (χ3n) is 3.17. The minimum Gasteiger partial charge on any atom is -0.441 e. The van der Waals surface area contributed by atoms with Gasteiger partial charge >= 0.3 is 0 Å². The van der Waals surface area contributed by atoms with E-state index >= 15 is 0 Å². The van der Waals surface area contributed by atoms with Crippen molar-refractivity contribution in [2.45, 2.75) is 13.3 Å². The molecular weight excluding hydrogens is 284 g/mol. The lowest BCUT2D eigenvalue weighted by molar-refractivity contribution is 0.0948. The second-order valence-electron chi connectivity index (χ2n) is 4.85. The maximum atomic E-state index is 11.8. The second-order valence-corrected chi connectivity index (χ2v) is 4.85. The molecule has 22 heavy (non-hydrogen) atoms. The zero-order valence-corrected chi connectivity index (χ0v) is 11.9. The van der Waals surface area contributed by atoms with E-state index < -0.39 is 0 Å². The number of fused-ring (bicyclic) bond motifs is 1. The molecule has 7 heteroatoms. The molecule has 1 aromatic carbocycles. The smallest absolute Gasteiger partial charge is 0.271 e. The third-order valence-corrected chi connectivity index (χ3v) is 3.17. The van der Waals surface area contributed by atoms with Gasteiger partial charge in [0.05, 0.1) is 0 Å². The lowest BCUT2D eigenvalue weighted by atomic mass is 10.1. The summed E-state index contributed by atoms with van der Waals surface area (Å²) in [4.78, 5) is 27.0. The summed E-state index contributed by atoms with van der Waals surface area (Å²) < 4.78 is 5.41. The van der Waals surface area contributed by atoms with Gasteiger partial charge in [-0.15, -0.1) is 0 Å². The van der Waals surface area contributed by atoms with Gasteiger partial charge in [-0.3, -0.25) is 9.59 Å². The molecule has 0 spiro atoms. The van der Waals surface area contributed by atoms with Crippen molar-refractivity contribution >= 4 is 17.0 Å². The molecule has 0 radical (unpaired) electrons. The first-order valence-corrected chi connectivity index (χ1v) is 6.82. The largest absolute Gasteiger partial charge is 0.441 e. The van der Waals surface area contributed by atoms with Gasteiger partial charge in [-0.05, 0) is 30.2 Å². The first kappa shape index (κ1) is 14.0. The van der Waals surface area contributed by atoms with E-state index in [1.165, 1.54) is 12.1 Å². The molecule has 0 bridgehead atoms. The van der Waals surface area contributed by atoms with E-state index in [1.807, 2.05) is 18.2 Å². The molecule has 3 rings (SSSR count). The lowest BCUT2D eigenvalue weighted by Crippen LogP contribution is -2.27. The van der Waals surface area contributed by atoms with Gasteiger partial charge < -0.3 is 9.73 Å². The fraction of sp³-hybridized carbons (Fsp3) is 0.200. The molecule has 0 fully saturated rings. The molecule has 2 heterocycles. The number of aryl methyl sites for hydroxylation is 1. The summed E-state index contributed by atoms with van der Waals surface area (Å²) in [6.45, 7) is 2.26. The molecule has 0 unspecified atom stereocenters. The number of aromatic amines is 1. The standard InChI is InChI=1S/C15H14N4O3/c1-9-17-12-8-10(2-4-13(12)22-9)6-7-16-15(21)11-3-5-14(20)19-18-11/h2-5,8H,6-7H2,1H3,(H,16,21)(H,19,20). The van der Waals surface area contributed by atoms with Crippen LogP contribution in [0.15, 0.2) is 39.5 Å². The Morgan fingerprint density at radius 2 is 2.18 bits per heavy atom. The topological polar surface area (TPSA) is 101 Å². The highest BCUT2D eigenvalue weighted by Crippen LogP contribution is 2.16. The average molecular weight is 298 g/mol. The summed E-state index contributed by atoms with van der Waals surface area (Å²) >= 11 is 0. The second kappa shape index (κ2) is 5.80. The normalized spacial score (nSPS) is 10.8. The van der Waals surface area contributed by atoms with Crippen molar-refractivity contribution < 1.29 is 9.21 Å². The first-order valence-electron chi connectivity index (χ1n) is 6.82. The van der Waals surface area contributed by atoms with Crippen LogP contribution in [0, 0.1) is 6.92 Å². The van der Waals surface area contributed by atoms with E-state index in [0.717, 1.165) is 16.7 Å². The summed E-state index contributed by atoms with van der Waals surface area (Å²) in [7, 11) is 0. The molecule has 7 nitrogen and oxygen atoms in total. The third kappa shape index (κ3) is 3.03. The Morgan fingerprint density at radius 1 is 1.32 bits per heavy atom. The minimum absolute atomic E-state index is 0.183. The van der Waals surface area contributed by atoms with Crippen LogP contribution in [-0.2, 0) is 6.42 Å². The molecule has 0 aliphatic heterocycles. The van der Waals surface area contributed by atoms with E-state index in [-0.39, 0.29) is 17.2 Å². The number of nitrogens with zero attached hydrogens (tertiary/aromatic N) is 2. The van der Waals surface area contributed by atoms with E-state index in [4.69, 9.17) is 4.42 Å². The highest BCUT2D eigenvalue weighted by Gasteiger charge is 2.07. The Bertz CT molecular complexity index is 861. The van der Waals surface area contributed by atoms with Gasteiger partial charge in [0.2, 0.25) is 0 Å². The first-order chi connectivity index (χ1) is 10.6. The molecular formula is C15H14N4O3. The number of hydrogen-bond donors (Lipinski definition) is 2. The Morgan fingerprint density at radius 3 is 2.95 bits per heavy atom. The maximum absolute atomic E-state index is 11.8. The van der Waals surface area contributed by atoms with Crippen molar-refractivity contribution in [3.8, 4) is 0 Å². The van der Waals surface area contributed by atoms with Gasteiger partial charge in [-0.25, -0.2) is 10.1 Å². The van der Waals surface area contributed by atoms with E-state index in [0.29, 0.717) is 18.9 Å². The van der Waals surface area contributed by atoms with Crippen LogP contribution in [0.1, 0.15) is 21.9 Å². The van der Waals surface area contributed by atoms with Gasteiger partial charge in [0, 0.05) is 19.5 Å². The molecule has 112 valence electrons. The van der Waals surface area contributed by atoms with Crippen molar-refractivity contribution in [3.63, 3.8) is 0 Å². The number of carbonyl (C=O) groups is 1. The number of carbonyl (C=O) groups excluding carboxylic acids is 1. The number of aromatic nitrogens is 3. The van der Waals surface area contributed by atoms with Gasteiger partial charge in [0.25, 0.3) is 11.5 Å². The molecule has 0 saturated carbocycles. The number of H-pyrrole nitrogens is 1. The molecule has 0 aliphatic rings. The number of hydrogen-bond acceptors (Lipinski definition) is 5.